The van der Waals surface area contributed by atoms with E-state index in [1.54, 1.807) is 18.6 Å². The summed E-state index contributed by atoms with van der Waals surface area (Å²) in [6.07, 6.45) is 11.6. The fourth-order valence-corrected chi connectivity index (χ4v) is 6.29. The zero-order valence-corrected chi connectivity index (χ0v) is 23.7. The number of nitrogens with zero attached hydrogens (tertiary/aromatic N) is 3. The van der Waals surface area contributed by atoms with Crippen LogP contribution in [-0.2, 0) is 4.79 Å². The summed E-state index contributed by atoms with van der Waals surface area (Å²) in [5.41, 5.74) is 7.67. The predicted molar refractivity (Wildman–Crippen MR) is 166 cm³/mol. The molecule has 4 aromatic heterocycles. The minimum atomic E-state index is -0.524. The van der Waals surface area contributed by atoms with Crippen LogP contribution in [0.1, 0.15) is 44.1 Å². The summed E-state index contributed by atoms with van der Waals surface area (Å²) in [6, 6.07) is 13.9. The predicted octanol–water partition coefficient (Wildman–Crippen LogP) is 7.90. The van der Waals surface area contributed by atoms with E-state index >= 15 is 0 Å². The fraction of sp³-hybridized carbons (Fsp3) is 0.235. The summed E-state index contributed by atoms with van der Waals surface area (Å²) in [6.45, 7) is 2.01. The number of amides is 1. The third-order valence-corrected chi connectivity index (χ3v) is 8.30. The molecule has 0 radical (unpaired) electrons. The highest BCUT2D eigenvalue weighted by Gasteiger charge is 2.19. The zero-order valence-electron chi connectivity index (χ0n) is 23.7. The lowest BCUT2D eigenvalue weighted by Crippen LogP contribution is -2.18. The molecule has 0 saturated heterocycles. The van der Waals surface area contributed by atoms with E-state index in [0.717, 1.165) is 68.9 Å². The van der Waals surface area contributed by atoms with E-state index in [4.69, 9.17) is 0 Å². The molecule has 1 amide bonds. The van der Waals surface area contributed by atoms with Gasteiger partial charge in [-0.15, -0.1) is 0 Å². The molecule has 4 N–H and O–H groups in total. The van der Waals surface area contributed by atoms with Gasteiger partial charge in [-0.3, -0.25) is 19.9 Å². The molecule has 0 spiro atoms. The Morgan fingerprint density at radius 1 is 0.953 bits per heavy atom. The summed E-state index contributed by atoms with van der Waals surface area (Å²) < 4.78 is 14.1. The second kappa shape index (κ2) is 11.0. The number of benzene rings is 2. The van der Waals surface area contributed by atoms with Gasteiger partial charge in [0.15, 0.2) is 0 Å². The van der Waals surface area contributed by atoms with E-state index in [9.17, 15) is 14.3 Å². The maximum atomic E-state index is 14.1. The van der Waals surface area contributed by atoms with Gasteiger partial charge in [0, 0.05) is 46.3 Å². The number of hydrogen-bond donors (Lipinski definition) is 4. The highest BCUT2D eigenvalue weighted by molar-refractivity contribution is 6.01. The number of phenolic OH excluding ortho intramolecular Hbond substituents is 1. The van der Waals surface area contributed by atoms with Crippen molar-refractivity contribution in [1.82, 2.24) is 25.1 Å². The molecule has 7 rings (SSSR count). The van der Waals surface area contributed by atoms with Crippen LogP contribution in [0.5, 0.6) is 5.75 Å². The normalized spacial score (nSPS) is 14.0. The van der Waals surface area contributed by atoms with Crippen molar-refractivity contribution in [2.24, 2.45) is 5.92 Å². The van der Waals surface area contributed by atoms with E-state index in [-0.39, 0.29) is 11.7 Å². The molecule has 9 heteroatoms. The number of halogens is 1. The van der Waals surface area contributed by atoms with Crippen LogP contribution >= 0.6 is 0 Å². The van der Waals surface area contributed by atoms with Crippen molar-refractivity contribution in [2.45, 2.75) is 45.4 Å². The SMILES string of the molecule is Cc1cc(NC(=O)CC2CCCCC2)cc(-c2cc3c(-c4cc5c(-c6cc(O)cc(F)c6)cncc5[nH]4)n[nH]c3cn2)c1. The second-order valence-electron chi connectivity index (χ2n) is 11.6. The number of aromatic hydroxyl groups is 1. The summed E-state index contributed by atoms with van der Waals surface area (Å²) in [7, 11) is 0. The lowest BCUT2D eigenvalue weighted by molar-refractivity contribution is -0.117. The van der Waals surface area contributed by atoms with E-state index in [1.165, 1.54) is 31.4 Å². The molecule has 1 aliphatic rings. The summed E-state index contributed by atoms with van der Waals surface area (Å²) in [4.78, 5) is 25.2. The maximum Gasteiger partial charge on any atom is 0.224 e. The molecule has 0 atom stereocenters. The number of pyridine rings is 2. The van der Waals surface area contributed by atoms with Gasteiger partial charge in [0.1, 0.15) is 17.3 Å². The molecule has 1 fully saturated rings. The summed E-state index contributed by atoms with van der Waals surface area (Å²) in [5.74, 6) is -0.141. The molecule has 1 saturated carbocycles. The average molecular weight is 575 g/mol. The van der Waals surface area contributed by atoms with Crippen LogP contribution in [0, 0.1) is 18.7 Å². The molecule has 43 heavy (non-hydrogen) atoms. The first-order valence-corrected chi connectivity index (χ1v) is 14.6. The maximum absolute atomic E-state index is 14.1. The minimum absolute atomic E-state index is 0.0603. The van der Waals surface area contributed by atoms with E-state index in [2.05, 4.69) is 36.5 Å². The van der Waals surface area contributed by atoms with Crippen molar-refractivity contribution in [1.29, 1.82) is 0 Å². The van der Waals surface area contributed by atoms with Gasteiger partial charge >= 0.3 is 0 Å². The largest absolute Gasteiger partial charge is 0.508 e. The standard InChI is InChI=1S/C34H31FN6O2/c1-19-7-22(11-24(8-19)38-33(43)9-20-5-3-2-4-6-20)29-15-27-32(18-37-29)40-41-34(27)30-14-26-28(16-36-17-31(26)39-30)21-10-23(35)13-25(42)12-21/h7-8,10-18,20,39,42H,2-6,9H2,1H3,(H,38,43)(H,40,41). The summed E-state index contributed by atoms with van der Waals surface area (Å²) in [5, 5.41) is 22.4. The number of aromatic nitrogens is 5. The third kappa shape index (κ3) is 5.46. The van der Waals surface area contributed by atoms with Gasteiger partial charge in [0.2, 0.25) is 5.91 Å². The Morgan fingerprint density at radius 3 is 2.65 bits per heavy atom. The molecule has 0 unspecified atom stereocenters. The number of carbonyl (C=O) groups is 1. The number of fused-ring (bicyclic) bond motifs is 2. The highest BCUT2D eigenvalue weighted by atomic mass is 19.1. The van der Waals surface area contributed by atoms with E-state index in [1.807, 2.05) is 31.2 Å². The monoisotopic (exact) mass is 574 g/mol. The van der Waals surface area contributed by atoms with Crippen LogP contribution in [0.3, 0.4) is 0 Å². The van der Waals surface area contributed by atoms with Gasteiger partial charge in [-0.05, 0) is 79.3 Å². The Morgan fingerprint density at radius 2 is 1.81 bits per heavy atom. The van der Waals surface area contributed by atoms with Crippen molar-refractivity contribution in [3.05, 3.63) is 78.5 Å². The Hall–Kier alpha value is -5.05. The molecular weight excluding hydrogens is 543 g/mol. The highest BCUT2D eigenvalue weighted by Crippen LogP contribution is 2.36. The van der Waals surface area contributed by atoms with Crippen molar-refractivity contribution in [3.63, 3.8) is 0 Å². The van der Waals surface area contributed by atoms with Crippen LogP contribution in [0.15, 0.2) is 67.1 Å². The van der Waals surface area contributed by atoms with Gasteiger partial charge in [0.05, 0.1) is 34.8 Å². The molecular formula is C34H31FN6O2. The molecule has 6 aromatic rings. The molecule has 2 aromatic carbocycles. The van der Waals surface area contributed by atoms with Crippen LogP contribution in [0.2, 0.25) is 0 Å². The number of H-pyrrole nitrogens is 2. The van der Waals surface area contributed by atoms with Crippen LogP contribution in [-0.4, -0.2) is 36.2 Å². The van der Waals surface area contributed by atoms with Crippen LogP contribution in [0.4, 0.5) is 10.1 Å². The molecule has 8 nitrogen and oxygen atoms in total. The van der Waals surface area contributed by atoms with Gasteiger partial charge in [0.25, 0.3) is 0 Å². The number of aromatic amines is 2. The number of aryl methyl sites for hydroxylation is 1. The number of rotatable bonds is 6. The number of phenols is 1. The zero-order chi connectivity index (χ0) is 29.5. The number of carbonyl (C=O) groups excluding carboxylic acids is 1. The summed E-state index contributed by atoms with van der Waals surface area (Å²) >= 11 is 0. The topological polar surface area (TPSA) is 120 Å². The number of nitrogens with one attached hydrogen (secondary N) is 3. The molecule has 216 valence electrons. The van der Waals surface area contributed by atoms with E-state index < -0.39 is 5.82 Å². The first kappa shape index (κ1) is 26.8. The van der Waals surface area contributed by atoms with Gasteiger partial charge in [-0.25, -0.2) is 4.39 Å². The number of anilines is 1. The quantitative estimate of drug-likeness (QED) is 0.161. The van der Waals surface area contributed by atoms with Crippen LogP contribution in [0.25, 0.3) is 55.6 Å². The van der Waals surface area contributed by atoms with Crippen molar-refractivity contribution >= 4 is 33.4 Å². The lowest BCUT2D eigenvalue weighted by atomic mass is 9.87. The first-order chi connectivity index (χ1) is 20.9. The Bertz CT molecular complexity index is 1970. The number of hydrogen-bond acceptors (Lipinski definition) is 5. The van der Waals surface area contributed by atoms with Gasteiger partial charge in [-0.1, -0.05) is 19.3 Å². The average Bonchev–Trinajstić information content (AvgIpc) is 3.60. The second-order valence-corrected chi connectivity index (χ2v) is 11.6. The molecule has 0 aliphatic heterocycles. The molecule has 0 bridgehead atoms. The van der Waals surface area contributed by atoms with Crippen LogP contribution < -0.4 is 5.32 Å². The van der Waals surface area contributed by atoms with Crippen molar-refractivity contribution < 1.29 is 14.3 Å². The third-order valence-electron chi connectivity index (χ3n) is 8.30. The Labute approximate surface area is 247 Å². The van der Waals surface area contributed by atoms with Gasteiger partial charge in [-0.2, -0.15) is 5.10 Å². The van der Waals surface area contributed by atoms with Crippen molar-refractivity contribution in [3.8, 4) is 39.5 Å². The lowest BCUT2D eigenvalue weighted by Gasteiger charge is -2.21. The van der Waals surface area contributed by atoms with Crippen molar-refractivity contribution in [2.75, 3.05) is 5.32 Å². The van der Waals surface area contributed by atoms with E-state index in [0.29, 0.717) is 29.2 Å². The fourth-order valence-electron chi connectivity index (χ4n) is 6.29. The first-order valence-electron chi connectivity index (χ1n) is 14.6. The molecule has 4 heterocycles. The Balaban J connectivity index is 1.22. The molecule has 1 aliphatic carbocycles. The Kier molecular flexibility index (Phi) is 6.85. The van der Waals surface area contributed by atoms with Gasteiger partial charge < -0.3 is 15.4 Å². The minimum Gasteiger partial charge on any atom is -0.508 e. The smallest absolute Gasteiger partial charge is 0.224 e.